The third-order valence-corrected chi connectivity index (χ3v) is 4.11. The Morgan fingerprint density at radius 2 is 2.38 bits per heavy atom. The molecule has 3 N–H and O–H groups in total. The van der Waals surface area contributed by atoms with Crippen LogP contribution in [0.5, 0.6) is 0 Å². The Kier molecular flexibility index (Phi) is 1.80. The zero-order chi connectivity index (χ0) is 9.47. The highest BCUT2D eigenvalue weighted by Crippen LogP contribution is 2.30. The standard InChI is InChI=1S/C7H11N3O2S/c8-6-3-9-10-7(6)5-1-2-13(11,12)4-5/h3,5H,1-2,4,8H2,(H,9,10). The maximum Gasteiger partial charge on any atom is 0.151 e. The minimum Gasteiger partial charge on any atom is -0.396 e. The molecule has 0 amide bonds. The molecule has 1 aromatic rings. The van der Waals surface area contributed by atoms with Crippen LogP contribution in [0.2, 0.25) is 0 Å². The lowest BCUT2D eigenvalue weighted by Crippen LogP contribution is -2.05. The molecule has 6 heteroatoms. The van der Waals surface area contributed by atoms with Crippen molar-refractivity contribution in [1.82, 2.24) is 10.2 Å². The highest BCUT2D eigenvalue weighted by Gasteiger charge is 2.30. The van der Waals surface area contributed by atoms with E-state index < -0.39 is 9.84 Å². The van der Waals surface area contributed by atoms with Crippen LogP contribution in [0, 0.1) is 0 Å². The Morgan fingerprint density at radius 1 is 1.62 bits per heavy atom. The molecule has 1 fully saturated rings. The first-order valence-electron chi connectivity index (χ1n) is 4.08. The molecule has 2 heterocycles. The van der Waals surface area contributed by atoms with E-state index in [2.05, 4.69) is 10.2 Å². The molecule has 0 radical (unpaired) electrons. The van der Waals surface area contributed by atoms with Crippen molar-refractivity contribution < 1.29 is 8.42 Å². The molecule has 0 spiro atoms. The van der Waals surface area contributed by atoms with Gasteiger partial charge >= 0.3 is 0 Å². The predicted molar refractivity (Wildman–Crippen MR) is 49.0 cm³/mol. The molecule has 1 atom stereocenters. The number of H-pyrrole nitrogens is 1. The fraction of sp³-hybridized carbons (Fsp3) is 0.571. The number of hydrogen-bond acceptors (Lipinski definition) is 4. The van der Waals surface area contributed by atoms with E-state index in [-0.39, 0.29) is 17.4 Å². The first kappa shape index (κ1) is 8.55. The number of nitrogen functional groups attached to an aromatic ring is 1. The number of hydrogen-bond donors (Lipinski definition) is 2. The zero-order valence-corrected chi connectivity index (χ0v) is 7.84. The van der Waals surface area contributed by atoms with Crippen LogP contribution >= 0.6 is 0 Å². The molecule has 1 saturated heterocycles. The number of rotatable bonds is 1. The van der Waals surface area contributed by atoms with Gasteiger partial charge in [-0.05, 0) is 6.42 Å². The van der Waals surface area contributed by atoms with Crippen molar-refractivity contribution in [2.24, 2.45) is 0 Å². The van der Waals surface area contributed by atoms with Crippen LogP contribution in [0.15, 0.2) is 6.20 Å². The summed E-state index contributed by atoms with van der Waals surface area (Å²) in [7, 11) is -2.84. The Labute approximate surface area is 76.2 Å². The quantitative estimate of drug-likeness (QED) is 0.663. The van der Waals surface area contributed by atoms with E-state index >= 15 is 0 Å². The molecule has 2 rings (SSSR count). The Balaban J connectivity index is 2.26. The van der Waals surface area contributed by atoms with E-state index in [1.165, 1.54) is 6.20 Å². The van der Waals surface area contributed by atoms with Crippen molar-refractivity contribution in [3.63, 3.8) is 0 Å². The van der Waals surface area contributed by atoms with E-state index in [0.29, 0.717) is 12.1 Å². The number of nitrogens with two attached hydrogens (primary N) is 1. The average Bonchev–Trinajstić information content (AvgIpc) is 2.56. The lowest BCUT2D eigenvalue weighted by Gasteiger charge is -2.04. The van der Waals surface area contributed by atoms with E-state index in [4.69, 9.17) is 5.73 Å². The maximum absolute atomic E-state index is 11.2. The summed E-state index contributed by atoms with van der Waals surface area (Å²) >= 11 is 0. The highest BCUT2D eigenvalue weighted by atomic mass is 32.2. The number of aromatic nitrogens is 2. The molecule has 5 nitrogen and oxygen atoms in total. The van der Waals surface area contributed by atoms with E-state index in [9.17, 15) is 8.42 Å². The fourth-order valence-corrected chi connectivity index (χ4v) is 3.41. The van der Waals surface area contributed by atoms with Crippen LogP contribution in [-0.4, -0.2) is 30.1 Å². The van der Waals surface area contributed by atoms with Gasteiger partial charge in [-0.1, -0.05) is 0 Å². The van der Waals surface area contributed by atoms with Crippen molar-refractivity contribution in [3.05, 3.63) is 11.9 Å². The van der Waals surface area contributed by atoms with Crippen LogP contribution in [0.1, 0.15) is 18.0 Å². The molecule has 1 aliphatic heterocycles. The fourth-order valence-electron chi connectivity index (χ4n) is 1.66. The van der Waals surface area contributed by atoms with Gasteiger partial charge in [0, 0.05) is 5.92 Å². The average molecular weight is 201 g/mol. The molecule has 72 valence electrons. The predicted octanol–water partition coefficient (Wildman–Crippen LogP) is -0.106. The van der Waals surface area contributed by atoms with Crippen molar-refractivity contribution in [3.8, 4) is 0 Å². The normalized spacial score (nSPS) is 26.3. The largest absolute Gasteiger partial charge is 0.396 e. The number of sulfone groups is 1. The summed E-state index contributed by atoms with van der Waals surface area (Å²) < 4.78 is 22.3. The first-order chi connectivity index (χ1) is 6.08. The Bertz CT molecular complexity index is 409. The summed E-state index contributed by atoms with van der Waals surface area (Å²) in [6, 6.07) is 0. The summed E-state index contributed by atoms with van der Waals surface area (Å²) in [5.74, 6) is 0.461. The van der Waals surface area contributed by atoms with E-state index in [1.54, 1.807) is 0 Å². The minimum atomic E-state index is -2.84. The molecule has 1 aliphatic rings. The molecular formula is C7H11N3O2S. The van der Waals surface area contributed by atoms with Gasteiger partial charge in [0.05, 0.1) is 29.1 Å². The molecule has 13 heavy (non-hydrogen) atoms. The maximum atomic E-state index is 11.2. The molecule has 1 aromatic heterocycles. The van der Waals surface area contributed by atoms with Crippen molar-refractivity contribution in [2.75, 3.05) is 17.2 Å². The van der Waals surface area contributed by atoms with Crippen LogP contribution in [-0.2, 0) is 9.84 Å². The van der Waals surface area contributed by atoms with Crippen LogP contribution < -0.4 is 5.73 Å². The Hall–Kier alpha value is -1.04. The molecule has 0 bridgehead atoms. The number of aromatic amines is 1. The summed E-state index contributed by atoms with van der Waals surface area (Å²) in [6.07, 6.45) is 2.16. The van der Waals surface area contributed by atoms with Gasteiger partial charge in [0.15, 0.2) is 9.84 Å². The lowest BCUT2D eigenvalue weighted by atomic mass is 10.0. The Morgan fingerprint density at radius 3 is 2.85 bits per heavy atom. The highest BCUT2D eigenvalue weighted by molar-refractivity contribution is 7.91. The molecular weight excluding hydrogens is 190 g/mol. The second kappa shape index (κ2) is 2.73. The van der Waals surface area contributed by atoms with Gasteiger partial charge in [-0.2, -0.15) is 5.10 Å². The van der Waals surface area contributed by atoms with Crippen molar-refractivity contribution in [2.45, 2.75) is 12.3 Å². The zero-order valence-electron chi connectivity index (χ0n) is 7.03. The minimum absolute atomic E-state index is 0.00694. The van der Waals surface area contributed by atoms with Gasteiger partial charge in [0.1, 0.15) is 0 Å². The number of nitrogens with zero attached hydrogens (tertiary/aromatic N) is 1. The first-order valence-corrected chi connectivity index (χ1v) is 5.90. The third kappa shape index (κ3) is 1.53. The molecule has 0 saturated carbocycles. The SMILES string of the molecule is Nc1cn[nH]c1C1CCS(=O)(=O)C1. The second-order valence-corrected chi connectivity index (χ2v) is 5.57. The molecule has 0 aromatic carbocycles. The molecule has 1 unspecified atom stereocenters. The third-order valence-electron chi connectivity index (χ3n) is 2.34. The van der Waals surface area contributed by atoms with E-state index in [1.807, 2.05) is 0 Å². The van der Waals surface area contributed by atoms with Gasteiger partial charge in [0.25, 0.3) is 0 Å². The van der Waals surface area contributed by atoms with Gasteiger partial charge in [-0.15, -0.1) is 0 Å². The van der Waals surface area contributed by atoms with Crippen LogP contribution in [0.4, 0.5) is 5.69 Å². The van der Waals surface area contributed by atoms with E-state index in [0.717, 1.165) is 5.69 Å². The number of anilines is 1. The van der Waals surface area contributed by atoms with Gasteiger partial charge in [-0.3, -0.25) is 5.10 Å². The van der Waals surface area contributed by atoms with Gasteiger partial charge in [-0.25, -0.2) is 8.42 Å². The summed E-state index contributed by atoms with van der Waals surface area (Å²) in [5, 5.41) is 6.51. The molecule has 0 aliphatic carbocycles. The summed E-state index contributed by atoms with van der Waals surface area (Å²) in [5.41, 5.74) is 6.94. The van der Waals surface area contributed by atoms with Crippen LogP contribution in [0.25, 0.3) is 0 Å². The number of nitrogens with one attached hydrogen (secondary N) is 1. The monoisotopic (exact) mass is 201 g/mol. The van der Waals surface area contributed by atoms with Crippen molar-refractivity contribution in [1.29, 1.82) is 0 Å². The summed E-state index contributed by atoms with van der Waals surface area (Å²) in [4.78, 5) is 0. The second-order valence-electron chi connectivity index (χ2n) is 3.34. The summed E-state index contributed by atoms with van der Waals surface area (Å²) in [6.45, 7) is 0. The van der Waals surface area contributed by atoms with Crippen LogP contribution in [0.3, 0.4) is 0 Å². The smallest absolute Gasteiger partial charge is 0.151 e. The van der Waals surface area contributed by atoms with Gasteiger partial charge in [0.2, 0.25) is 0 Å². The lowest BCUT2D eigenvalue weighted by molar-refractivity contribution is 0.601. The topological polar surface area (TPSA) is 88.8 Å². The van der Waals surface area contributed by atoms with Gasteiger partial charge < -0.3 is 5.73 Å². The van der Waals surface area contributed by atoms with Crippen molar-refractivity contribution >= 4 is 15.5 Å².